The van der Waals surface area contributed by atoms with Crippen molar-refractivity contribution in [1.82, 2.24) is 20.2 Å². The van der Waals surface area contributed by atoms with Gasteiger partial charge >= 0.3 is 0 Å². The van der Waals surface area contributed by atoms with E-state index in [1.807, 2.05) is 13.0 Å². The molecule has 0 N–H and O–H groups in total. The van der Waals surface area contributed by atoms with Gasteiger partial charge in [0.2, 0.25) is 9.84 Å². The molecule has 1 aromatic heterocycles. The first kappa shape index (κ1) is 25.7. The van der Waals surface area contributed by atoms with E-state index < -0.39 is 9.84 Å². The van der Waals surface area contributed by atoms with Crippen LogP contribution in [-0.2, 0) is 21.2 Å². The van der Waals surface area contributed by atoms with Crippen molar-refractivity contribution in [2.24, 2.45) is 40.4 Å². The Morgan fingerprint density at radius 3 is 2.61 bits per heavy atom. The van der Waals surface area contributed by atoms with Crippen LogP contribution < -0.4 is 0 Å². The van der Waals surface area contributed by atoms with Crippen molar-refractivity contribution < 1.29 is 13.2 Å². The van der Waals surface area contributed by atoms with E-state index in [1.165, 1.54) is 29.5 Å². The van der Waals surface area contributed by atoms with E-state index in [2.05, 4.69) is 48.4 Å². The lowest BCUT2D eigenvalue weighted by Gasteiger charge is -2.56. The van der Waals surface area contributed by atoms with Crippen molar-refractivity contribution in [3.63, 3.8) is 0 Å². The number of carbonyl (C=O) groups excluding carboxylic acids is 1. The monoisotopic (exact) mass is 534 g/mol. The van der Waals surface area contributed by atoms with Crippen molar-refractivity contribution in [2.45, 2.75) is 82.8 Å². The highest BCUT2D eigenvalue weighted by molar-refractivity contribution is 7.91. The molecule has 0 amide bonds. The molecule has 0 radical (unpaired) electrons. The number of allylic oxidation sites excluding steroid dienone is 4. The number of hydrogen-bond acceptors (Lipinski definition) is 6. The second kappa shape index (κ2) is 8.97. The number of tetrazole rings is 1. The molecular weight excluding hydrogens is 496 g/mol. The van der Waals surface area contributed by atoms with Crippen LogP contribution in [0.15, 0.2) is 58.1 Å². The molecule has 2 aromatic rings. The van der Waals surface area contributed by atoms with Gasteiger partial charge in [-0.25, -0.2) is 13.1 Å². The third-order valence-corrected chi connectivity index (χ3v) is 12.5. The predicted molar refractivity (Wildman–Crippen MR) is 144 cm³/mol. The van der Waals surface area contributed by atoms with Crippen LogP contribution >= 0.6 is 0 Å². The lowest BCUT2D eigenvalue weighted by Crippen LogP contribution is -2.49. The minimum atomic E-state index is -3.80. The highest BCUT2D eigenvalue weighted by atomic mass is 32.2. The number of nitrogens with zero attached hydrogens (tertiary/aromatic N) is 4. The Bertz CT molecular complexity index is 1430. The molecule has 1 unspecified atom stereocenters. The lowest BCUT2D eigenvalue weighted by molar-refractivity contribution is -0.116. The summed E-state index contributed by atoms with van der Waals surface area (Å²) < 4.78 is 28.2. The number of hydrogen-bond donors (Lipinski definition) is 0. The molecule has 0 spiro atoms. The molecule has 0 aliphatic heterocycles. The van der Waals surface area contributed by atoms with Crippen LogP contribution in [0.25, 0.3) is 0 Å². The standard InChI is InChI=1S/C30H38N4O3S/c1-19-5-8-23(9-6-19)38(36,37)28-31-32-33-34(28)18-20(2)25-11-12-26-24-10-7-21-17-22(35)13-15-29(21,3)27(24)14-16-30(25,26)4/h5-10,17,20,24-27H,11-16,18H2,1-4H3/t20?,24-,25+,26-,27-,29-,30+/m0/s1. The van der Waals surface area contributed by atoms with Crippen molar-refractivity contribution in [3.8, 4) is 0 Å². The largest absolute Gasteiger partial charge is 0.295 e. The number of carbonyl (C=O) groups is 1. The molecule has 1 aromatic carbocycles. The minimum absolute atomic E-state index is 0.0779. The van der Waals surface area contributed by atoms with Gasteiger partial charge in [0, 0.05) is 13.0 Å². The minimum Gasteiger partial charge on any atom is -0.295 e. The summed E-state index contributed by atoms with van der Waals surface area (Å²) in [6.45, 7) is 9.51. The molecule has 7 nitrogen and oxygen atoms in total. The first-order chi connectivity index (χ1) is 18.0. The molecule has 8 heteroatoms. The average Bonchev–Trinajstić information content (AvgIpc) is 3.49. The summed E-state index contributed by atoms with van der Waals surface area (Å²) >= 11 is 0. The second-order valence-electron chi connectivity index (χ2n) is 12.8. The fraction of sp³-hybridized carbons (Fsp3) is 0.600. The highest BCUT2D eigenvalue weighted by Crippen LogP contribution is 2.66. The van der Waals surface area contributed by atoms with Crippen LogP contribution in [0.4, 0.5) is 0 Å². The van der Waals surface area contributed by atoms with Crippen LogP contribution in [0.3, 0.4) is 0 Å². The highest BCUT2D eigenvalue weighted by Gasteiger charge is 2.58. The zero-order valence-electron chi connectivity index (χ0n) is 22.8. The summed E-state index contributed by atoms with van der Waals surface area (Å²) in [5.41, 5.74) is 2.53. The van der Waals surface area contributed by atoms with Crippen LogP contribution in [0, 0.1) is 47.3 Å². The Morgan fingerprint density at radius 1 is 1.08 bits per heavy atom. The van der Waals surface area contributed by atoms with Gasteiger partial charge in [0.1, 0.15) is 0 Å². The summed E-state index contributed by atoms with van der Waals surface area (Å²) in [5.74, 6) is 2.70. The van der Waals surface area contributed by atoms with Crippen LogP contribution in [-0.4, -0.2) is 34.4 Å². The second-order valence-corrected chi connectivity index (χ2v) is 14.6. The summed E-state index contributed by atoms with van der Waals surface area (Å²) in [6, 6.07) is 6.83. The van der Waals surface area contributed by atoms with Gasteiger partial charge in [-0.3, -0.25) is 4.79 Å². The fourth-order valence-corrected chi connectivity index (χ4v) is 9.94. The molecule has 2 fully saturated rings. The molecule has 1 heterocycles. The van der Waals surface area contributed by atoms with Crippen LogP contribution in [0.1, 0.15) is 64.9 Å². The summed E-state index contributed by atoms with van der Waals surface area (Å²) in [5, 5.41) is 11.7. The van der Waals surface area contributed by atoms with Gasteiger partial charge in [0.05, 0.1) is 4.90 Å². The number of aromatic nitrogens is 4. The van der Waals surface area contributed by atoms with Gasteiger partial charge < -0.3 is 0 Å². The Kier molecular flexibility index (Phi) is 6.05. The summed E-state index contributed by atoms with van der Waals surface area (Å²) in [6.07, 6.45) is 12.9. The first-order valence-electron chi connectivity index (χ1n) is 14.1. The fourth-order valence-electron chi connectivity index (χ4n) is 8.70. The number of sulfone groups is 1. The maximum Gasteiger partial charge on any atom is 0.272 e. The summed E-state index contributed by atoms with van der Waals surface area (Å²) in [4.78, 5) is 12.3. The van der Waals surface area contributed by atoms with Crippen LogP contribution in [0.2, 0.25) is 0 Å². The van der Waals surface area contributed by atoms with E-state index in [9.17, 15) is 13.2 Å². The lowest BCUT2D eigenvalue weighted by atomic mass is 9.48. The Hall–Kier alpha value is -2.61. The van der Waals surface area contributed by atoms with E-state index in [1.54, 1.807) is 24.3 Å². The van der Waals surface area contributed by atoms with Gasteiger partial charge in [0.25, 0.3) is 5.16 Å². The van der Waals surface area contributed by atoms with E-state index in [0.717, 1.165) is 18.4 Å². The smallest absolute Gasteiger partial charge is 0.272 e. The first-order valence-corrected chi connectivity index (χ1v) is 15.5. The Morgan fingerprint density at radius 2 is 1.84 bits per heavy atom. The number of rotatable bonds is 5. The van der Waals surface area contributed by atoms with Crippen molar-refractivity contribution in [3.05, 3.63) is 53.6 Å². The van der Waals surface area contributed by atoms with E-state index >= 15 is 0 Å². The molecule has 7 atom stereocenters. The van der Waals surface area contributed by atoms with Gasteiger partial charge in [-0.2, -0.15) is 0 Å². The summed E-state index contributed by atoms with van der Waals surface area (Å²) in [7, 11) is -3.80. The molecule has 4 aliphatic rings. The third-order valence-electron chi connectivity index (χ3n) is 10.8. The number of benzene rings is 1. The number of aryl methyl sites for hydroxylation is 1. The zero-order chi connectivity index (χ0) is 26.9. The molecule has 6 rings (SSSR count). The van der Waals surface area contributed by atoms with Gasteiger partial charge in [0.15, 0.2) is 5.78 Å². The zero-order valence-corrected chi connectivity index (χ0v) is 23.6. The molecule has 2 saturated carbocycles. The maximum atomic E-state index is 13.3. The molecule has 38 heavy (non-hydrogen) atoms. The Labute approximate surface area is 225 Å². The van der Waals surface area contributed by atoms with E-state index in [-0.39, 0.29) is 32.6 Å². The SMILES string of the molecule is Cc1ccc(S(=O)(=O)c2nnnn2CC(C)[C@H]2CC[C@H]3[C@@H]4C=CC5=CC(=O)CC[C@]5(C)[C@H]4CC[C@]23C)cc1. The molecule has 0 bridgehead atoms. The normalized spacial score (nSPS) is 35.3. The van der Waals surface area contributed by atoms with Gasteiger partial charge in [-0.05, 0) is 114 Å². The topological polar surface area (TPSA) is 94.8 Å². The van der Waals surface area contributed by atoms with E-state index in [0.29, 0.717) is 36.6 Å². The van der Waals surface area contributed by atoms with Crippen molar-refractivity contribution in [1.29, 1.82) is 0 Å². The molecule has 0 saturated heterocycles. The van der Waals surface area contributed by atoms with E-state index in [4.69, 9.17) is 0 Å². The third kappa shape index (κ3) is 3.85. The Balaban J connectivity index is 1.24. The molecular formula is C30H38N4O3S. The quantitative estimate of drug-likeness (QED) is 0.512. The number of fused-ring (bicyclic) bond motifs is 5. The van der Waals surface area contributed by atoms with Gasteiger partial charge in [-0.15, -0.1) is 0 Å². The number of ketones is 1. The van der Waals surface area contributed by atoms with Crippen LogP contribution in [0.5, 0.6) is 0 Å². The predicted octanol–water partition coefficient (Wildman–Crippen LogP) is 5.37. The maximum absolute atomic E-state index is 13.3. The van der Waals surface area contributed by atoms with Gasteiger partial charge in [-0.1, -0.05) is 55.7 Å². The van der Waals surface area contributed by atoms with Crippen molar-refractivity contribution >= 4 is 15.6 Å². The molecule has 4 aliphatic carbocycles. The molecule has 202 valence electrons. The average molecular weight is 535 g/mol. The van der Waals surface area contributed by atoms with Crippen molar-refractivity contribution in [2.75, 3.05) is 0 Å².